The van der Waals surface area contributed by atoms with Crippen LogP contribution in [0.5, 0.6) is 0 Å². The van der Waals surface area contributed by atoms with E-state index in [9.17, 15) is 4.79 Å². The Bertz CT molecular complexity index is 203. The Morgan fingerprint density at radius 2 is 2.62 bits per heavy atom. The predicted octanol–water partition coefficient (Wildman–Crippen LogP) is -0.172. The zero-order valence-electron chi connectivity index (χ0n) is 7.69. The summed E-state index contributed by atoms with van der Waals surface area (Å²) >= 11 is 0. The minimum atomic E-state index is -0.599. The SMILES string of the molecule is COC(=O)[C@H](CO)NC1C=CCC1. The van der Waals surface area contributed by atoms with Gasteiger partial charge in [-0.3, -0.25) is 10.1 Å². The van der Waals surface area contributed by atoms with Crippen LogP contribution in [0.25, 0.3) is 0 Å². The molecule has 0 aromatic rings. The summed E-state index contributed by atoms with van der Waals surface area (Å²) in [4.78, 5) is 11.1. The maximum Gasteiger partial charge on any atom is 0.325 e. The molecule has 1 rings (SSSR count). The molecule has 0 bridgehead atoms. The summed E-state index contributed by atoms with van der Waals surface area (Å²) < 4.78 is 4.53. The third-order valence-corrected chi connectivity index (χ3v) is 2.10. The van der Waals surface area contributed by atoms with E-state index in [0.717, 1.165) is 12.8 Å². The smallest absolute Gasteiger partial charge is 0.325 e. The number of hydrogen-bond donors (Lipinski definition) is 2. The van der Waals surface area contributed by atoms with E-state index < -0.39 is 12.0 Å². The first-order chi connectivity index (χ1) is 6.27. The van der Waals surface area contributed by atoms with Crippen molar-refractivity contribution < 1.29 is 14.6 Å². The Hall–Kier alpha value is -0.870. The monoisotopic (exact) mass is 185 g/mol. The van der Waals surface area contributed by atoms with Crippen molar-refractivity contribution in [1.82, 2.24) is 5.32 Å². The maximum atomic E-state index is 11.1. The van der Waals surface area contributed by atoms with Crippen molar-refractivity contribution in [3.8, 4) is 0 Å². The van der Waals surface area contributed by atoms with Crippen molar-refractivity contribution in [3.63, 3.8) is 0 Å². The van der Waals surface area contributed by atoms with Crippen LogP contribution in [0.4, 0.5) is 0 Å². The van der Waals surface area contributed by atoms with Crippen LogP contribution in [0.15, 0.2) is 12.2 Å². The largest absolute Gasteiger partial charge is 0.468 e. The van der Waals surface area contributed by atoms with E-state index in [0.29, 0.717) is 0 Å². The minimum Gasteiger partial charge on any atom is -0.468 e. The highest BCUT2D eigenvalue weighted by Gasteiger charge is 2.21. The van der Waals surface area contributed by atoms with Gasteiger partial charge in [0, 0.05) is 6.04 Å². The van der Waals surface area contributed by atoms with E-state index >= 15 is 0 Å². The van der Waals surface area contributed by atoms with Gasteiger partial charge in [0.1, 0.15) is 6.04 Å². The number of methoxy groups -OCH3 is 1. The molecular formula is C9H15NO3. The van der Waals surface area contributed by atoms with Crippen LogP contribution in [-0.2, 0) is 9.53 Å². The fraction of sp³-hybridized carbons (Fsp3) is 0.667. The van der Waals surface area contributed by atoms with E-state index in [1.54, 1.807) is 0 Å². The van der Waals surface area contributed by atoms with Gasteiger partial charge < -0.3 is 9.84 Å². The van der Waals surface area contributed by atoms with E-state index in [2.05, 4.69) is 16.1 Å². The van der Waals surface area contributed by atoms with Crippen LogP contribution in [0, 0.1) is 0 Å². The Labute approximate surface area is 77.6 Å². The Balaban J connectivity index is 2.38. The van der Waals surface area contributed by atoms with E-state index in [-0.39, 0.29) is 12.6 Å². The van der Waals surface area contributed by atoms with Gasteiger partial charge in [-0.2, -0.15) is 0 Å². The zero-order chi connectivity index (χ0) is 9.68. The lowest BCUT2D eigenvalue weighted by Gasteiger charge is -2.17. The molecule has 1 unspecified atom stereocenters. The quantitative estimate of drug-likeness (QED) is 0.471. The fourth-order valence-electron chi connectivity index (χ4n) is 1.37. The van der Waals surface area contributed by atoms with Gasteiger partial charge in [-0.25, -0.2) is 0 Å². The molecular weight excluding hydrogens is 170 g/mol. The van der Waals surface area contributed by atoms with Gasteiger partial charge in [0.05, 0.1) is 13.7 Å². The highest BCUT2D eigenvalue weighted by Crippen LogP contribution is 2.09. The Kier molecular flexibility index (Phi) is 3.92. The topological polar surface area (TPSA) is 58.6 Å². The summed E-state index contributed by atoms with van der Waals surface area (Å²) in [5, 5.41) is 11.9. The highest BCUT2D eigenvalue weighted by atomic mass is 16.5. The lowest BCUT2D eigenvalue weighted by Crippen LogP contribution is -2.44. The molecule has 0 amide bonds. The fourth-order valence-corrected chi connectivity index (χ4v) is 1.37. The second-order valence-electron chi connectivity index (χ2n) is 3.04. The Morgan fingerprint density at radius 3 is 3.08 bits per heavy atom. The van der Waals surface area contributed by atoms with Gasteiger partial charge in [0.2, 0.25) is 0 Å². The molecule has 2 atom stereocenters. The Morgan fingerprint density at radius 1 is 1.85 bits per heavy atom. The van der Waals surface area contributed by atoms with Crippen molar-refractivity contribution in [2.75, 3.05) is 13.7 Å². The second-order valence-corrected chi connectivity index (χ2v) is 3.04. The van der Waals surface area contributed by atoms with Gasteiger partial charge >= 0.3 is 5.97 Å². The highest BCUT2D eigenvalue weighted by molar-refractivity contribution is 5.75. The summed E-state index contributed by atoms with van der Waals surface area (Å²) in [5.74, 6) is -0.414. The number of hydrogen-bond acceptors (Lipinski definition) is 4. The molecule has 0 saturated carbocycles. The average Bonchev–Trinajstić information content (AvgIpc) is 2.65. The summed E-state index contributed by atoms with van der Waals surface area (Å²) in [6.07, 6.45) is 6.07. The first-order valence-corrected chi connectivity index (χ1v) is 4.39. The van der Waals surface area contributed by atoms with E-state index in [4.69, 9.17) is 5.11 Å². The standard InChI is InChI=1S/C9H15NO3/c1-13-9(12)8(6-11)10-7-4-2-3-5-7/h2,4,7-8,10-11H,3,5-6H2,1H3/t7?,8-/m0/s1. The first kappa shape index (κ1) is 10.2. The molecule has 0 spiro atoms. The molecule has 0 saturated heterocycles. The number of rotatable bonds is 4. The average molecular weight is 185 g/mol. The van der Waals surface area contributed by atoms with Crippen LogP contribution in [0.1, 0.15) is 12.8 Å². The summed E-state index contributed by atoms with van der Waals surface area (Å²) in [7, 11) is 1.32. The molecule has 4 nitrogen and oxygen atoms in total. The van der Waals surface area contributed by atoms with Crippen LogP contribution in [0.2, 0.25) is 0 Å². The van der Waals surface area contributed by atoms with Crippen LogP contribution < -0.4 is 5.32 Å². The molecule has 2 N–H and O–H groups in total. The first-order valence-electron chi connectivity index (χ1n) is 4.39. The third kappa shape index (κ3) is 2.82. The molecule has 1 aliphatic carbocycles. The van der Waals surface area contributed by atoms with Gasteiger partial charge in [-0.15, -0.1) is 0 Å². The van der Waals surface area contributed by atoms with Crippen molar-refractivity contribution >= 4 is 5.97 Å². The van der Waals surface area contributed by atoms with Crippen LogP contribution in [0.3, 0.4) is 0 Å². The van der Waals surface area contributed by atoms with Crippen molar-refractivity contribution in [2.24, 2.45) is 0 Å². The zero-order valence-corrected chi connectivity index (χ0v) is 7.69. The number of allylic oxidation sites excluding steroid dienone is 1. The predicted molar refractivity (Wildman–Crippen MR) is 48.2 cm³/mol. The lowest BCUT2D eigenvalue weighted by molar-refractivity contribution is -0.144. The molecule has 0 fully saturated rings. The van der Waals surface area contributed by atoms with Crippen LogP contribution >= 0.6 is 0 Å². The van der Waals surface area contributed by atoms with Crippen molar-refractivity contribution in [2.45, 2.75) is 24.9 Å². The molecule has 13 heavy (non-hydrogen) atoms. The van der Waals surface area contributed by atoms with Gasteiger partial charge in [0.15, 0.2) is 0 Å². The van der Waals surface area contributed by atoms with Gasteiger partial charge in [-0.1, -0.05) is 12.2 Å². The number of aliphatic hydroxyl groups excluding tert-OH is 1. The number of carbonyl (C=O) groups is 1. The maximum absolute atomic E-state index is 11.1. The summed E-state index contributed by atoms with van der Waals surface area (Å²) in [6, 6.07) is -0.408. The number of carbonyl (C=O) groups excluding carboxylic acids is 1. The minimum absolute atomic E-state index is 0.191. The lowest BCUT2D eigenvalue weighted by atomic mass is 10.2. The normalized spacial score (nSPS) is 23.1. The molecule has 0 radical (unpaired) electrons. The number of nitrogens with one attached hydrogen (secondary N) is 1. The number of aliphatic hydroxyl groups is 1. The third-order valence-electron chi connectivity index (χ3n) is 2.10. The van der Waals surface area contributed by atoms with Crippen molar-refractivity contribution in [1.29, 1.82) is 0 Å². The summed E-state index contributed by atoms with van der Waals surface area (Å²) in [5.41, 5.74) is 0. The molecule has 0 heterocycles. The number of ether oxygens (including phenoxy) is 1. The molecule has 74 valence electrons. The van der Waals surface area contributed by atoms with E-state index in [1.807, 2.05) is 6.08 Å². The number of esters is 1. The molecule has 0 aromatic heterocycles. The second kappa shape index (κ2) is 4.99. The molecule has 4 heteroatoms. The van der Waals surface area contributed by atoms with Gasteiger partial charge in [-0.05, 0) is 12.8 Å². The van der Waals surface area contributed by atoms with Crippen molar-refractivity contribution in [3.05, 3.63) is 12.2 Å². The molecule has 0 aromatic carbocycles. The van der Waals surface area contributed by atoms with Gasteiger partial charge in [0.25, 0.3) is 0 Å². The van der Waals surface area contributed by atoms with E-state index in [1.165, 1.54) is 7.11 Å². The molecule has 0 aliphatic heterocycles. The molecule has 1 aliphatic rings. The summed E-state index contributed by atoms with van der Waals surface area (Å²) in [6.45, 7) is -0.225. The van der Waals surface area contributed by atoms with Crippen LogP contribution in [-0.4, -0.2) is 36.9 Å².